The molecule has 1 aliphatic carbocycles. The van der Waals surface area contributed by atoms with Crippen molar-refractivity contribution < 1.29 is 0 Å². The highest BCUT2D eigenvalue weighted by Crippen LogP contribution is 2.24. The van der Waals surface area contributed by atoms with Gasteiger partial charge in [-0.3, -0.25) is 0 Å². The number of anilines is 1. The Kier molecular flexibility index (Phi) is 5.24. The summed E-state index contributed by atoms with van der Waals surface area (Å²) >= 11 is 1.80. The average molecular weight is 249 g/mol. The molecule has 0 radical (unpaired) electrons. The minimum atomic E-state index is 0.887. The number of nitrogens with one attached hydrogen (secondary N) is 1. The molecule has 1 N–H and O–H groups in total. The van der Waals surface area contributed by atoms with E-state index in [1.165, 1.54) is 49.1 Å². The number of hydrogen-bond acceptors (Lipinski definition) is 2. The highest BCUT2D eigenvalue weighted by molar-refractivity contribution is 7.98. The molecule has 0 bridgehead atoms. The molecule has 0 saturated heterocycles. The van der Waals surface area contributed by atoms with Crippen molar-refractivity contribution in [2.24, 2.45) is 5.92 Å². The van der Waals surface area contributed by atoms with Crippen molar-refractivity contribution in [1.82, 2.24) is 0 Å². The van der Waals surface area contributed by atoms with Gasteiger partial charge in [0.05, 0.1) is 0 Å². The molecule has 1 saturated carbocycles. The molecule has 0 spiro atoms. The quantitative estimate of drug-likeness (QED) is 0.608. The molecule has 1 fully saturated rings. The SMILES string of the molecule is CSc1ccc(NCC2CCCCCC2)cc1. The highest BCUT2D eigenvalue weighted by Gasteiger charge is 2.11. The lowest BCUT2D eigenvalue weighted by Gasteiger charge is -2.15. The molecule has 1 nitrogen and oxygen atoms in total. The van der Waals surface area contributed by atoms with Crippen molar-refractivity contribution in [3.63, 3.8) is 0 Å². The first-order chi connectivity index (χ1) is 8.38. The van der Waals surface area contributed by atoms with Gasteiger partial charge in [0, 0.05) is 17.1 Å². The molecule has 2 heteroatoms. The van der Waals surface area contributed by atoms with Crippen LogP contribution in [0.25, 0.3) is 0 Å². The molecule has 2 rings (SSSR count). The van der Waals surface area contributed by atoms with Gasteiger partial charge in [-0.15, -0.1) is 11.8 Å². The van der Waals surface area contributed by atoms with Gasteiger partial charge < -0.3 is 5.32 Å². The summed E-state index contributed by atoms with van der Waals surface area (Å²) in [6.45, 7) is 1.15. The molecule has 0 heterocycles. The molecule has 0 amide bonds. The Hall–Kier alpha value is -0.630. The highest BCUT2D eigenvalue weighted by atomic mass is 32.2. The molecule has 0 aromatic heterocycles. The standard InChI is InChI=1S/C15H23NS/c1-17-15-10-8-14(9-11-15)16-12-13-6-4-2-3-5-7-13/h8-11,13,16H,2-7,12H2,1H3. The lowest BCUT2D eigenvalue weighted by molar-refractivity contribution is 0.483. The Bertz CT molecular complexity index is 312. The second kappa shape index (κ2) is 6.95. The first-order valence-corrected chi connectivity index (χ1v) is 7.99. The van der Waals surface area contributed by atoms with Gasteiger partial charge in [-0.25, -0.2) is 0 Å². The Labute approximate surface area is 109 Å². The van der Waals surface area contributed by atoms with E-state index in [0.29, 0.717) is 0 Å². The van der Waals surface area contributed by atoms with Crippen molar-refractivity contribution in [2.45, 2.75) is 43.4 Å². The summed E-state index contributed by atoms with van der Waals surface area (Å²) < 4.78 is 0. The molecule has 94 valence electrons. The fourth-order valence-corrected chi connectivity index (χ4v) is 2.95. The van der Waals surface area contributed by atoms with E-state index in [2.05, 4.69) is 35.8 Å². The van der Waals surface area contributed by atoms with Gasteiger partial charge in [-0.2, -0.15) is 0 Å². The van der Waals surface area contributed by atoms with Crippen LogP contribution in [0.3, 0.4) is 0 Å². The van der Waals surface area contributed by atoms with E-state index < -0.39 is 0 Å². The van der Waals surface area contributed by atoms with E-state index in [9.17, 15) is 0 Å². The third kappa shape index (κ3) is 4.27. The van der Waals surface area contributed by atoms with Crippen molar-refractivity contribution in [2.75, 3.05) is 18.1 Å². The van der Waals surface area contributed by atoms with E-state index in [0.717, 1.165) is 12.5 Å². The predicted molar refractivity (Wildman–Crippen MR) is 77.9 cm³/mol. The van der Waals surface area contributed by atoms with Crippen molar-refractivity contribution >= 4 is 17.4 Å². The van der Waals surface area contributed by atoms with Crippen LogP contribution < -0.4 is 5.32 Å². The normalized spacial score (nSPS) is 17.7. The minimum Gasteiger partial charge on any atom is -0.385 e. The van der Waals surface area contributed by atoms with Crippen LogP contribution in [0.1, 0.15) is 38.5 Å². The maximum Gasteiger partial charge on any atom is 0.0341 e. The lowest BCUT2D eigenvalue weighted by Crippen LogP contribution is -2.13. The van der Waals surface area contributed by atoms with Crippen molar-refractivity contribution in [1.29, 1.82) is 0 Å². The van der Waals surface area contributed by atoms with Crippen LogP contribution in [-0.2, 0) is 0 Å². The molecule has 0 atom stereocenters. The van der Waals surface area contributed by atoms with Crippen LogP contribution in [0.5, 0.6) is 0 Å². The molecule has 17 heavy (non-hydrogen) atoms. The number of benzene rings is 1. The summed E-state index contributed by atoms with van der Waals surface area (Å²) in [7, 11) is 0. The van der Waals surface area contributed by atoms with Gasteiger partial charge in [-0.1, -0.05) is 25.7 Å². The molecule has 0 unspecified atom stereocenters. The summed E-state index contributed by atoms with van der Waals surface area (Å²) in [5.41, 5.74) is 1.27. The average Bonchev–Trinajstić information content (AvgIpc) is 2.65. The topological polar surface area (TPSA) is 12.0 Å². The van der Waals surface area contributed by atoms with Gasteiger partial charge in [0.25, 0.3) is 0 Å². The van der Waals surface area contributed by atoms with E-state index in [-0.39, 0.29) is 0 Å². The Morgan fingerprint density at radius 2 is 1.71 bits per heavy atom. The monoisotopic (exact) mass is 249 g/mol. The van der Waals surface area contributed by atoms with E-state index >= 15 is 0 Å². The van der Waals surface area contributed by atoms with Gasteiger partial charge in [0.2, 0.25) is 0 Å². The first kappa shape index (κ1) is 12.8. The second-order valence-corrected chi connectivity index (χ2v) is 5.85. The van der Waals surface area contributed by atoms with Crippen LogP contribution in [0, 0.1) is 5.92 Å². The summed E-state index contributed by atoms with van der Waals surface area (Å²) in [5, 5.41) is 3.58. The fraction of sp³-hybridized carbons (Fsp3) is 0.600. The zero-order valence-corrected chi connectivity index (χ0v) is 11.6. The van der Waals surface area contributed by atoms with E-state index in [4.69, 9.17) is 0 Å². The maximum atomic E-state index is 3.58. The van der Waals surface area contributed by atoms with Crippen molar-refractivity contribution in [3.05, 3.63) is 24.3 Å². The van der Waals surface area contributed by atoms with Gasteiger partial charge in [0.15, 0.2) is 0 Å². The second-order valence-electron chi connectivity index (χ2n) is 4.97. The predicted octanol–water partition coefficient (Wildman–Crippen LogP) is 4.79. The zero-order valence-electron chi connectivity index (χ0n) is 10.7. The van der Waals surface area contributed by atoms with E-state index in [1.807, 2.05) is 0 Å². The van der Waals surface area contributed by atoms with Crippen LogP contribution in [0.4, 0.5) is 5.69 Å². The molecule has 1 aromatic rings. The minimum absolute atomic E-state index is 0.887. The molecule has 0 aliphatic heterocycles. The Balaban J connectivity index is 1.79. The Morgan fingerprint density at radius 3 is 2.29 bits per heavy atom. The lowest BCUT2D eigenvalue weighted by atomic mass is 10.0. The molecular formula is C15H23NS. The summed E-state index contributed by atoms with van der Waals surface area (Å²) in [6, 6.07) is 8.78. The number of rotatable bonds is 4. The van der Waals surface area contributed by atoms with Crippen LogP contribution >= 0.6 is 11.8 Å². The smallest absolute Gasteiger partial charge is 0.0341 e. The fourth-order valence-electron chi connectivity index (χ4n) is 2.54. The zero-order chi connectivity index (χ0) is 11.9. The summed E-state index contributed by atoms with van der Waals surface area (Å²) in [5.74, 6) is 0.887. The Morgan fingerprint density at radius 1 is 1.06 bits per heavy atom. The molecule has 1 aliphatic rings. The maximum absolute atomic E-state index is 3.58. The van der Waals surface area contributed by atoms with E-state index in [1.54, 1.807) is 11.8 Å². The van der Waals surface area contributed by atoms with Gasteiger partial charge in [-0.05, 0) is 49.3 Å². The number of thioether (sulfide) groups is 1. The number of hydrogen-bond donors (Lipinski definition) is 1. The van der Waals surface area contributed by atoms with Crippen LogP contribution in [-0.4, -0.2) is 12.8 Å². The molecular weight excluding hydrogens is 226 g/mol. The van der Waals surface area contributed by atoms with Gasteiger partial charge in [0.1, 0.15) is 0 Å². The van der Waals surface area contributed by atoms with Gasteiger partial charge >= 0.3 is 0 Å². The van der Waals surface area contributed by atoms with Crippen molar-refractivity contribution in [3.8, 4) is 0 Å². The first-order valence-electron chi connectivity index (χ1n) is 6.76. The third-order valence-electron chi connectivity index (χ3n) is 3.66. The van der Waals surface area contributed by atoms with Crippen LogP contribution in [0.2, 0.25) is 0 Å². The summed E-state index contributed by atoms with van der Waals surface area (Å²) in [6.07, 6.45) is 10.7. The largest absolute Gasteiger partial charge is 0.385 e. The third-order valence-corrected chi connectivity index (χ3v) is 4.40. The summed E-state index contributed by atoms with van der Waals surface area (Å²) in [4.78, 5) is 1.34. The molecule has 1 aromatic carbocycles. The van der Waals surface area contributed by atoms with Crippen LogP contribution in [0.15, 0.2) is 29.2 Å².